The lowest BCUT2D eigenvalue weighted by Gasteiger charge is -2.28. The molecule has 0 spiro atoms. The van der Waals surface area contributed by atoms with Crippen molar-refractivity contribution in [1.29, 1.82) is 0 Å². The highest BCUT2D eigenvalue weighted by molar-refractivity contribution is 5.69. The molecule has 3 aromatic rings. The average Bonchev–Trinajstić information content (AvgIpc) is 3.07. The Labute approximate surface area is 143 Å². The lowest BCUT2D eigenvalue weighted by Crippen LogP contribution is -2.37. The monoisotopic (exact) mass is 342 g/mol. The van der Waals surface area contributed by atoms with Gasteiger partial charge in [0, 0.05) is 31.0 Å². The van der Waals surface area contributed by atoms with E-state index >= 15 is 0 Å². The van der Waals surface area contributed by atoms with Gasteiger partial charge in [-0.1, -0.05) is 0 Å². The first kappa shape index (κ1) is 15.7. The fraction of sp³-hybridized carbons (Fsp3) is 0.400. The number of anilines is 2. The molecule has 0 aliphatic carbocycles. The van der Waals surface area contributed by atoms with E-state index in [1.807, 2.05) is 0 Å². The molecule has 25 heavy (non-hydrogen) atoms. The Kier molecular flexibility index (Phi) is 3.90. The van der Waals surface area contributed by atoms with Crippen LogP contribution in [0.15, 0.2) is 18.6 Å². The first-order valence-electron chi connectivity index (χ1n) is 7.98. The summed E-state index contributed by atoms with van der Waals surface area (Å²) >= 11 is 0. The second-order valence-electron chi connectivity index (χ2n) is 5.79. The van der Waals surface area contributed by atoms with Gasteiger partial charge < -0.3 is 20.5 Å². The maximum Gasteiger partial charge on any atom is 0.219 e. The SMILES string of the molecule is CC(O)c1nc2c(N3CCOCC3)nc(-c3cnc(N)nc3)cn2n1. The van der Waals surface area contributed by atoms with Crippen LogP contribution in [-0.2, 0) is 4.74 Å². The van der Waals surface area contributed by atoms with E-state index in [2.05, 4.69) is 25.0 Å². The third kappa shape index (κ3) is 2.96. The number of fused-ring (bicyclic) bond motifs is 1. The molecule has 0 bridgehead atoms. The molecule has 4 heterocycles. The molecule has 1 fully saturated rings. The summed E-state index contributed by atoms with van der Waals surface area (Å²) in [6.07, 6.45) is 4.21. The van der Waals surface area contributed by atoms with Crippen molar-refractivity contribution in [3.8, 4) is 11.3 Å². The minimum absolute atomic E-state index is 0.204. The molecule has 1 aliphatic rings. The van der Waals surface area contributed by atoms with Crippen molar-refractivity contribution in [3.05, 3.63) is 24.4 Å². The van der Waals surface area contributed by atoms with Crippen molar-refractivity contribution in [2.45, 2.75) is 13.0 Å². The molecular formula is C15H18N8O2. The zero-order valence-electron chi connectivity index (χ0n) is 13.7. The van der Waals surface area contributed by atoms with Crippen LogP contribution in [0.4, 0.5) is 11.8 Å². The molecule has 4 rings (SSSR count). The van der Waals surface area contributed by atoms with Crippen LogP contribution in [-0.4, -0.2) is 61.0 Å². The first-order valence-corrected chi connectivity index (χ1v) is 7.98. The fourth-order valence-corrected chi connectivity index (χ4v) is 2.66. The molecule has 3 N–H and O–H groups in total. The molecule has 0 aromatic carbocycles. The Morgan fingerprint density at radius 1 is 1.20 bits per heavy atom. The highest BCUT2D eigenvalue weighted by Crippen LogP contribution is 2.25. The molecule has 3 aromatic heterocycles. The van der Waals surface area contributed by atoms with Crippen LogP contribution in [0.5, 0.6) is 0 Å². The van der Waals surface area contributed by atoms with Crippen LogP contribution in [0.25, 0.3) is 16.9 Å². The van der Waals surface area contributed by atoms with Gasteiger partial charge in [-0.3, -0.25) is 0 Å². The molecular weight excluding hydrogens is 324 g/mol. The number of morpholine rings is 1. The molecule has 10 nitrogen and oxygen atoms in total. The average molecular weight is 342 g/mol. The van der Waals surface area contributed by atoms with E-state index in [-0.39, 0.29) is 5.95 Å². The standard InChI is InChI=1S/C15H18N8O2/c1-9(24)12-20-14-13(22-2-4-25-5-3-22)19-11(8-23(14)21-12)10-6-17-15(16)18-7-10/h6-9,24H,2-5H2,1H3,(H2,16,17,18). The van der Waals surface area contributed by atoms with E-state index in [1.54, 1.807) is 30.0 Å². The van der Waals surface area contributed by atoms with Gasteiger partial charge in [-0.2, -0.15) is 0 Å². The minimum atomic E-state index is -0.763. The summed E-state index contributed by atoms with van der Waals surface area (Å²) < 4.78 is 7.05. The van der Waals surface area contributed by atoms with Gasteiger partial charge in [-0.15, -0.1) is 5.10 Å². The predicted molar refractivity (Wildman–Crippen MR) is 89.9 cm³/mol. The van der Waals surface area contributed by atoms with Gasteiger partial charge in [0.2, 0.25) is 5.95 Å². The van der Waals surface area contributed by atoms with Gasteiger partial charge in [-0.25, -0.2) is 24.5 Å². The van der Waals surface area contributed by atoms with Crippen LogP contribution < -0.4 is 10.6 Å². The lowest BCUT2D eigenvalue weighted by molar-refractivity contribution is 0.122. The Bertz CT molecular complexity index is 886. The quantitative estimate of drug-likeness (QED) is 0.678. The van der Waals surface area contributed by atoms with Gasteiger partial charge in [-0.05, 0) is 6.92 Å². The maximum atomic E-state index is 9.82. The van der Waals surface area contributed by atoms with Crippen LogP contribution in [0, 0.1) is 0 Å². The molecule has 0 amide bonds. The van der Waals surface area contributed by atoms with Gasteiger partial charge in [0.25, 0.3) is 0 Å². The molecule has 0 saturated carbocycles. The van der Waals surface area contributed by atoms with Crippen LogP contribution in [0.2, 0.25) is 0 Å². The lowest BCUT2D eigenvalue weighted by atomic mass is 10.2. The Morgan fingerprint density at radius 3 is 2.60 bits per heavy atom. The Balaban J connectivity index is 1.87. The van der Waals surface area contributed by atoms with Crippen molar-refractivity contribution in [1.82, 2.24) is 29.5 Å². The zero-order valence-corrected chi connectivity index (χ0v) is 13.7. The van der Waals surface area contributed by atoms with E-state index in [1.165, 1.54) is 0 Å². The smallest absolute Gasteiger partial charge is 0.219 e. The summed E-state index contributed by atoms with van der Waals surface area (Å²) in [6.45, 7) is 4.30. The molecule has 1 aliphatic heterocycles. The predicted octanol–water partition coefficient (Wildman–Crippen LogP) is 0.0534. The third-order valence-electron chi connectivity index (χ3n) is 3.97. The molecule has 1 unspecified atom stereocenters. The molecule has 1 atom stereocenters. The minimum Gasteiger partial charge on any atom is -0.385 e. The number of aliphatic hydroxyl groups is 1. The first-order chi connectivity index (χ1) is 12.1. The number of hydrogen-bond acceptors (Lipinski definition) is 9. The zero-order chi connectivity index (χ0) is 17.4. The van der Waals surface area contributed by atoms with E-state index in [0.717, 1.165) is 5.56 Å². The maximum absolute atomic E-state index is 9.82. The van der Waals surface area contributed by atoms with Gasteiger partial charge in [0.1, 0.15) is 6.10 Å². The normalized spacial score (nSPS) is 16.3. The van der Waals surface area contributed by atoms with Crippen molar-refractivity contribution in [2.75, 3.05) is 36.9 Å². The highest BCUT2D eigenvalue weighted by Gasteiger charge is 2.21. The van der Waals surface area contributed by atoms with E-state index < -0.39 is 6.10 Å². The van der Waals surface area contributed by atoms with Crippen molar-refractivity contribution in [3.63, 3.8) is 0 Å². The second-order valence-corrected chi connectivity index (χ2v) is 5.79. The fourth-order valence-electron chi connectivity index (χ4n) is 2.66. The number of aromatic nitrogens is 6. The topological polar surface area (TPSA) is 128 Å². The number of nitrogen functional groups attached to an aromatic ring is 1. The largest absolute Gasteiger partial charge is 0.385 e. The Morgan fingerprint density at radius 2 is 1.92 bits per heavy atom. The number of ether oxygens (including phenoxy) is 1. The highest BCUT2D eigenvalue weighted by atomic mass is 16.5. The Hall–Kier alpha value is -2.85. The molecule has 130 valence electrons. The number of hydrogen-bond donors (Lipinski definition) is 2. The number of nitrogens with two attached hydrogens (primary N) is 1. The summed E-state index contributed by atoms with van der Waals surface area (Å²) in [5, 5.41) is 14.2. The summed E-state index contributed by atoms with van der Waals surface area (Å²) in [4.78, 5) is 19.3. The van der Waals surface area contributed by atoms with Gasteiger partial charge >= 0.3 is 0 Å². The molecule has 1 saturated heterocycles. The summed E-state index contributed by atoms with van der Waals surface area (Å²) in [5.74, 6) is 1.24. The van der Waals surface area contributed by atoms with Gasteiger partial charge in [0.15, 0.2) is 17.3 Å². The van der Waals surface area contributed by atoms with Crippen molar-refractivity contribution in [2.24, 2.45) is 0 Å². The van der Waals surface area contributed by atoms with Crippen molar-refractivity contribution >= 4 is 17.4 Å². The third-order valence-corrected chi connectivity index (χ3v) is 3.97. The van der Waals surface area contributed by atoms with Crippen LogP contribution in [0.3, 0.4) is 0 Å². The van der Waals surface area contributed by atoms with Crippen molar-refractivity contribution < 1.29 is 9.84 Å². The van der Waals surface area contributed by atoms with Gasteiger partial charge in [0.05, 0.1) is 25.1 Å². The summed E-state index contributed by atoms with van der Waals surface area (Å²) in [5.41, 5.74) is 7.52. The number of aliphatic hydroxyl groups excluding tert-OH is 1. The van der Waals surface area contributed by atoms with Crippen LogP contribution >= 0.6 is 0 Å². The van der Waals surface area contributed by atoms with E-state index in [4.69, 9.17) is 15.5 Å². The second kappa shape index (κ2) is 6.22. The summed E-state index contributed by atoms with van der Waals surface area (Å²) in [6, 6.07) is 0. The van der Waals surface area contributed by atoms with E-state index in [0.29, 0.717) is 49.3 Å². The van der Waals surface area contributed by atoms with E-state index in [9.17, 15) is 5.11 Å². The molecule has 0 radical (unpaired) electrons. The summed E-state index contributed by atoms with van der Waals surface area (Å²) in [7, 11) is 0. The number of nitrogens with zero attached hydrogens (tertiary/aromatic N) is 7. The molecule has 10 heteroatoms. The number of rotatable bonds is 3. The van der Waals surface area contributed by atoms with Crippen LogP contribution in [0.1, 0.15) is 18.9 Å².